The zero-order valence-corrected chi connectivity index (χ0v) is 8.30. The lowest BCUT2D eigenvalue weighted by Gasteiger charge is -2.06. The molecular formula is C13H22. The second-order valence-corrected chi connectivity index (χ2v) is 3.65. The van der Waals surface area contributed by atoms with E-state index in [9.17, 15) is 0 Å². The van der Waals surface area contributed by atoms with Crippen LogP contribution in [0.15, 0.2) is 24.3 Å². The van der Waals surface area contributed by atoms with Crippen molar-refractivity contribution in [1.82, 2.24) is 0 Å². The molecule has 0 bridgehead atoms. The van der Waals surface area contributed by atoms with Gasteiger partial charge in [0.25, 0.3) is 0 Å². The Labute approximate surface area is 83.0 Å². The van der Waals surface area contributed by atoms with Crippen LogP contribution in [0.4, 0.5) is 0 Å². The average molecular weight is 178 g/mol. The molecule has 0 amide bonds. The zero-order valence-electron chi connectivity index (χ0n) is 8.30. The quantitative estimate of drug-likeness (QED) is 0.643. The summed E-state index contributed by atoms with van der Waals surface area (Å²) >= 11 is 0. The highest BCUT2D eigenvalue weighted by molar-refractivity contribution is 5.25. The summed E-state index contributed by atoms with van der Waals surface area (Å²) in [5.74, 6) is 0.654. The Kier molecular flexibility index (Phi) is 5.45. The van der Waals surface area contributed by atoms with Crippen LogP contribution in [0.2, 0.25) is 0 Å². The first kappa shape index (κ1) is 12.2. The number of hydrogen-bond donors (Lipinski definition) is 0. The van der Waals surface area contributed by atoms with Crippen LogP contribution in [-0.4, -0.2) is 0 Å². The Bertz CT molecular complexity index is 236. The van der Waals surface area contributed by atoms with Crippen molar-refractivity contribution in [2.45, 2.75) is 47.0 Å². The van der Waals surface area contributed by atoms with E-state index in [1.54, 1.807) is 0 Å². The molecule has 1 aromatic rings. The largest absolute Gasteiger partial charge is 0.0776 e. The van der Waals surface area contributed by atoms with Gasteiger partial charge in [-0.1, -0.05) is 58.9 Å². The third-order valence-corrected chi connectivity index (χ3v) is 2.16. The summed E-state index contributed by atoms with van der Waals surface area (Å²) in [5.41, 5.74) is 2.93. The minimum Gasteiger partial charge on any atom is -0.0776 e. The summed E-state index contributed by atoms with van der Waals surface area (Å²) < 4.78 is 0. The SMILES string of the molecule is C.CCCc1cccc(C(C)C)c1. The van der Waals surface area contributed by atoms with Crippen molar-refractivity contribution in [2.24, 2.45) is 0 Å². The highest BCUT2D eigenvalue weighted by Crippen LogP contribution is 2.16. The summed E-state index contributed by atoms with van der Waals surface area (Å²) in [6.07, 6.45) is 2.45. The van der Waals surface area contributed by atoms with Crippen molar-refractivity contribution >= 4 is 0 Å². The van der Waals surface area contributed by atoms with Gasteiger partial charge in [0, 0.05) is 0 Å². The molecule has 0 heterocycles. The molecule has 0 nitrogen and oxygen atoms in total. The van der Waals surface area contributed by atoms with Crippen LogP contribution in [-0.2, 0) is 6.42 Å². The fourth-order valence-electron chi connectivity index (χ4n) is 1.40. The number of benzene rings is 1. The Morgan fingerprint density at radius 3 is 2.46 bits per heavy atom. The predicted octanol–water partition coefficient (Wildman–Crippen LogP) is 4.40. The molecule has 1 rings (SSSR count). The fourth-order valence-corrected chi connectivity index (χ4v) is 1.40. The second-order valence-electron chi connectivity index (χ2n) is 3.65. The zero-order chi connectivity index (χ0) is 8.97. The van der Waals surface area contributed by atoms with E-state index in [2.05, 4.69) is 45.0 Å². The van der Waals surface area contributed by atoms with Gasteiger partial charge in [0.05, 0.1) is 0 Å². The molecule has 0 unspecified atom stereocenters. The second kappa shape index (κ2) is 5.80. The van der Waals surface area contributed by atoms with E-state index in [1.165, 1.54) is 24.0 Å². The Balaban J connectivity index is 0.00000144. The van der Waals surface area contributed by atoms with Gasteiger partial charge in [-0.15, -0.1) is 0 Å². The standard InChI is InChI=1S/C12H18.CH4/c1-4-6-11-7-5-8-12(9-11)10(2)3;/h5,7-10H,4,6H2,1-3H3;1H4. The van der Waals surface area contributed by atoms with E-state index in [0.29, 0.717) is 5.92 Å². The molecule has 0 spiro atoms. The van der Waals surface area contributed by atoms with Gasteiger partial charge in [0.15, 0.2) is 0 Å². The summed E-state index contributed by atoms with van der Waals surface area (Å²) in [6, 6.07) is 8.92. The van der Waals surface area contributed by atoms with E-state index in [1.807, 2.05) is 0 Å². The molecule has 0 aliphatic carbocycles. The van der Waals surface area contributed by atoms with Gasteiger partial charge in [0.1, 0.15) is 0 Å². The molecule has 0 fully saturated rings. The molecule has 0 aliphatic rings. The van der Waals surface area contributed by atoms with Crippen molar-refractivity contribution in [3.63, 3.8) is 0 Å². The van der Waals surface area contributed by atoms with E-state index in [0.717, 1.165) is 0 Å². The molecule has 0 saturated heterocycles. The molecular weight excluding hydrogens is 156 g/mol. The first-order valence-electron chi connectivity index (χ1n) is 4.83. The van der Waals surface area contributed by atoms with Crippen LogP contribution in [0.3, 0.4) is 0 Å². The van der Waals surface area contributed by atoms with Crippen molar-refractivity contribution in [3.05, 3.63) is 35.4 Å². The van der Waals surface area contributed by atoms with E-state index in [4.69, 9.17) is 0 Å². The molecule has 0 aromatic heterocycles. The van der Waals surface area contributed by atoms with Gasteiger partial charge in [-0.25, -0.2) is 0 Å². The lowest BCUT2D eigenvalue weighted by atomic mass is 9.99. The molecule has 0 heteroatoms. The normalized spacial score (nSPS) is 9.85. The highest BCUT2D eigenvalue weighted by atomic mass is 14.0. The van der Waals surface area contributed by atoms with E-state index < -0.39 is 0 Å². The van der Waals surface area contributed by atoms with Gasteiger partial charge in [-0.05, 0) is 23.5 Å². The highest BCUT2D eigenvalue weighted by Gasteiger charge is 1.98. The number of aryl methyl sites for hydroxylation is 1. The first-order valence-corrected chi connectivity index (χ1v) is 4.83. The summed E-state index contributed by atoms with van der Waals surface area (Å²) in [5, 5.41) is 0. The summed E-state index contributed by atoms with van der Waals surface area (Å²) in [4.78, 5) is 0. The maximum Gasteiger partial charge on any atom is -0.0219 e. The summed E-state index contributed by atoms with van der Waals surface area (Å²) in [7, 11) is 0. The van der Waals surface area contributed by atoms with Crippen molar-refractivity contribution < 1.29 is 0 Å². The lowest BCUT2D eigenvalue weighted by molar-refractivity contribution is 0.854. The van der Waals surface area contributed by atoms with Crippen LogP contribution in [0, 0.1) is 0 Å². The van der Waals surface area contributed by atoms with Crippen molar-refractivity contribution in [3.8, 4) is 0 Å². The predicted molar refractivity (Wildman–Crippen MR) is 61.3 cm³/mol. The van der Waals surface area contributed by atoms with E-state index in [-0.39, 0.29) is 7.43 Å². The van der Waals surface area contributed by atoms with Crippen LogP contribution in [0.25, 0.3) is 0 Å². The molecule has 0 saturated carbocycles. The molecule has 13 heavy (non-hydrogen) atoms. The molecule has 0 aliphatic heterocycles. The number of hydrogen-bond acceptors (Lipinski definition) is 0. The maximum absolute atomic E-state index is 2.33. The minimum absolute atomic E-state index is 0. The molecule has 0 N–H and O–H groups in total. The fraction of sp³-hybridized carbons (Fsp3) is 0.538. The van der Waals surface area contributed by atoms with Crippen molar-refractivity contribution in [2.75, 3.05) is 0 Å². The van der Waals surface area contributed by atoms with Gasteiger partial charge < -0.3 is 0 Å². The lowest BCUT2D eigenvalue weighted by Crippen LogP contribution is -1.89. The number of rotatable bonds is 3. The Morgan fingerprint density at radius 2 is 1.92 bits per heavy atom. The van der Waals surface area contributed by atoms with Crippen LogP contribution >= 0.6 is 0 Å². The monoisotopic (exact) mass is 178 g/mol. The summed E-state index contributed by atoms with van der Waals surface area (Å²) in [6.45, 7) is 6.71. The minimum atomic E-state index is 0. The van der Waals surface area contributed by atoms with Gasteiger partial charge >= 0.3 is 0 Å². The average Bonchev–Trinajstić information content (AvgIpc) is 2.05. The molecule has 0 atom stereocenters. The third kappa shape index (κ3) is 3.63. The smallest absolute Gasteiger partial charge is 0.0219 e. The molecule has 74 valence electrons. The van der Waals surface area contributed by atoms with Crippen LogP contribution in [0.5, 0.6) is 0 Å². The first-order chi connectivity index (χ1) is 5.74. The Morgan fingerprint density at radius 1 is 1.23 bits per heavy atom. The van der Waals surface area contributed by atoms with Gasteiger partial charge in [-0.3, -0.25) is 0 Å². The topological polar surface area (TPSA) is 0 Å². The van der Waals surface area contributed by atoms with Gasteiger partial charge in [0.2, 0.25) is 0 Å². The van der Waals surface area contributed by atoms with E-state index >= 15 is 0 Å². The van der Waals surface area contributed by atoms with Crippen LogP contribution in [0.1, 0.15) is 51.7 Å². The van der Waals surface area contributed by atoms with Gasteiger partial charge in [-0.2, -0.15) is 0 Å². The van der Waals surface area contributed by atoms with Crippen molar-refractivity contribution in [1.29, 1.82) is 0 Å². The Hall–Kier alpha value is -0.780. The third-order valence-electron chi connectivity index (χ3n) is 2.16. The molecule has 0 radical (unpaired) electrons. The van der Waals surface area contributed by atoms with Crippen LogP contribution < -0.4 is 0 Å². The molecule has 1 aromatic carbocycles. The maximum atomic E-state index is 2.33.